The fourth-order valence-corrected chi connectivity index (χ4v) is 2.66. The lowest BCUT2D eigenvalue weighted by Gasteiger charge is -2.08. The number of ether oxygens (including phenoxy) is 1. The van der Waals surface area contributed by atoms with Gasteiger partial charge in [0.05, 0.1) is 11.6 Å². The molecule has 2 aromatic rings. The van der Waals surface area contributed by atoms with Gasteiger partial charge in [-0.25, -0.2) is 0 Å². The summed E-state index contributed by atoms with van der Waals surface area (Å²) in [6.07, 6.45) is 0. The lowest BCUT2D eigenvalue weighted by molar-refractivity contribution is 0.0996. The third kappa shape index (κ3) is 2.34. The number of nitrogens with zero attached hydrogens (tertiary/aromatic N) is 2. The second-order valence-corrected chi connectivity index (χ2v) is 5.37. The van der Waals surface area contributed by atoms with Crippen LogP contribution in [-0.4, -0.2) is 28.4 Å². The molecule has 18 heavy (non-hydrogen) atoms. The zero-order valence-electron chi connectivity index (χ0n) is 9.20. The van der Waals surface area contributed by atoms with Crippen molar-refractivity contribution in [3.63, 3.8) is 0 Å². The summed E-state index contributed by atoms with van der Waals surface area (Å²) in [6.45, 7) is 0. The fourth-order valence-electron chi connectivity index (χ4n) is 1.46. The molecule has 0 spiro atoms. The summed E-state index contributed by atoms with van der Waals surface area (Å²) in [7, 11) is 1.58. The van der Waals surface area contributed by atoms with Crippen molar-refractivity contribution in [3.8, 4) is 17.0 Å². The maximum Gasteiger partial charge on any atom is 0.271 e. The maximum absolute atomic E-state index is 11.2. The Morgan fingerprint density at radius 3 is 2.83 bits per heavy atom. The van der Waals surface area contributed by atoms with Crippen LogP contribution in [0.1, 0.15) is 10.5 Å². The Labute approximate surface area is 125 Å². The molecule has 0 saturated carbocycles. The molecule has 0 aliphatic heterocycles. The number of aromatic amines is 1. The molecule has 1 heterocycles. The summed E-state index contributed by atoms with van der Waals surface area (Å²) in [5.74, 6) is 0.0776. The SMILES string of the molecule is COc1cc(I)c(-c2n[nH]nc2C(N)=O)cc1Br. The first-order valence-corrected chi connectivity index (χ1v) is 6.65. The van der Waals surface area contributed by atoms with Gasteiger partial charge in [-0.2, -0.15) is 15.4 Å². The van der Waals surface area contributed by atoms with Crippen molar-refractivity contribution in [1.29, 1.82) is 0 Å². The number of H-pyrrole nitrogens is 1. The van der Waals surface area contributed by atoms with Crippen LogP contribution in [0.15, 0.2) is 16.6 Å². The molecule has 6 nitrogen and oxygen atoms in total. The van der Waals surface area contributed by atoms with Gasteiger partial charge in [-0.3, -0.25) is 4.79 Å². The largest absolute Gasteiger partial charge is 0.496 e. The molecule has 0 fully saturated rings. The molecule has 0 bridgehead atoms. The Bertz CT molecular complexity index is 614. The van der Waals surface area contributed by atoms with E-state index in [0.717, 1.165) is 13.6 Å². The topological polar surface area (TPSA) is 93.9 Å². The molecule has 0 aliphatic carbocycles. The van der Waals surface area contributed by atoms with Gasteiger partial charge in [-0.15, -0.1) is 0 Å². The molecule has 3 N–H and O–H groups in total. The highest BCUT2D eigenvalue weighted by atomic mass is 127. The number of halogens is 2. The van der Waals surface area contributed by atoms with E-state index in [1.165, 1.54) is 0 Å². The van der Waals surface area contributed by atoms with Crippen LogP contribution in [0.5, 0.6) is 5.75 Å². The molecule has 2 rings (SSSR count). The van der Waals surface area contributed by atoms with E-state index >= 15 is 0 Å². The lowest BCUT2D eigenvalue weighted by Crippen LogP contribution is -2.13. The minimum atomic E-state index is -0.624. The minimum Gasteiger partial charge on any atom is -0.496 e. The summed E-state index contributed by atoms with van der Waals surface area (Å²) in [5, 5.41) is 10.1. The molecule has 0 saturated heterocycles. The Hall–Kier alpha value is -1.16. The van der Waals surface area contributed by atoms with E-state index in [1.807, 2.05) is 12.1 Å². The molecule has 0 atom stereocenters. The Balaban J connectivity index is 2.61. The summed E-state index contributed by atoms with van der Waals surface area (Å²) in [5.41, 5.74) is 6.54. The standard InChI is InChI=1S/C10H8BrIN4O2/c1-18-7-3-6(12)4(2-5(7)11)8-9(10(13)17)15-16-14-8/h2-3H,1H3,(H2,13,17)(H,14,15,16). The van der Waals surface area contributed by atoms with Crippen molar-refractivity contribution in [2.75, 3.05) is 7.11 Å². The van der Waals surface area contributed by atoms with Gasteiger partial charge in [-0.05, 0) is 50.7 Å². The highest BCUT2D eigenvalue weighted by Crippen LogP contribution is 2.34. The molecule has 1 aromatic carbocycles. The van der Waals surface area contributed by atoms with Gasteiger partial charge in [-0.1, -0.05) is 0 Å². The molecule has 8 heteroatoms. The normalized spacial score (nSPS) is 10.4. The highest BCUT2D eigenvalue weighted by molar-refractivity contribution is 14.1. The van der Waals surface area contributed by atoms with E-state index < -0.39 is 5.91 Å². The van der Waals surface area contributed by atoms with Crippen LogP contribution in [0.2, 0.25) is 0 Å². The van der Waals surface area contributed by atoms with Gasteiger partial charge >= 0.3 is 0 Å². The van der Waals surface area contributed by atoms with Crippen molar-refractivity contribution in [3.05, 3.63) is 25.9 Å². The van der Waals surface area contributed by atoms with Crippen molar-refractivity contribution in [1.82, 2.24) is 15.4 Å². The Morgan fingerprint density at radius 2 is 2.22 bits per heavy atom. The number of hydrogen-bond donors (Lipinski definition) is 2. The zero-order chi connectivity index (χ0) is 13.3. The number of primary amides is 1. The van der Waals surface area contributed by atoms with E-state index in [0.29, 0.717) is 11.4 Å². The number of benzene rings is 1. The molecular formula is C10H8BrIN4O2. The fraction of sp³-hybridized carbons (Fsp3) is 0.100. The Kier molecular flexibility index (Phi) is 3.85. The average Bonchev–Trinajstić information content (AvgIpc) is 2.80. The summed E-state index contributed by atoms with van der Waals surface area (Å²) >= 11 is 5.52. The van der Waals surface area contributed by atoms with Crippen molar-refractivity contribution < 1.29 is 9.53 Å². The molecule has 94 valence electrons. The van der Waals surface area contributed by atoms with Crippen LogP contribution >= 0.6 is 38.5 Å². The molecule has 0 radical (unpaired) electrons. The van der Waals surface area contributed by atoms with E-state index in [9.17, 15) is 4.79 Å². The van der Waals surface area contributed by atoms with Gasteiger partial charge in [0.25, 0.3) is 5.91 Å². The highest BCUT2D eigenvalue weighted by Gasteiger charge is 2.18. The number of carbonyl (C=O) groups excluding carboxylic acids is 1. The van der Waals surface area contributed by atoms with Gasteiger partial charge in [0.15, 0.2) is 5.69 Å². The quantitative estimate of drug-likeness (QED) is 0.739. The van der Waals surface area contributed by atoms with Crippen molar-refractivity contribution in [2.45, 2.75) is 0 Å². The zero-order valence-corrected chi connectivity index (χ0v) is 12.9. The van der Waals surface area contributed by atoms with E-state index in [2.05, 4.69) is 53.9 Å². The first kappa shape index (κ1) is 13.3. The summed E-state index contributed by atoms with van der Waals surface area (Å²) < 4.78 is 6.83. The van der Waals surface area contributed by atoms with Crippen LogP contribution < -0.4 is 10.5 Å². The van der Waals surface area contributed by atoms with Gasteiger partial charge < -0.3 is 10.5 Å². The monoisotopic (exact) mass is 422 g/mol. The molecule has 1 amide bonds. The van der Waals surface area contributed by atoms with E-state index in [4.69, 9.17) is 10.5 Å². The van der Waals surface area contributed by atoms with E-state index in [1.54, 1.807) is 7.11 Å². The van der Waals surface area contributed by atoms with Crippen LogP contribution in [0, 0.1) is 3.57 Å². The average molecular weight is 423 g/mol. The van der Waals surface area contributed by atoms with Crippen molar-refractivity contribution in [2.24, 2.45) is 5.73 Å². The van der Waals surface area contributed by atoms with Crippen molar-refractivity contribution >= 4 is 44.4 Å². The maximum atomic E-state index is 11.2. The number of nitrogens with two attached hydrogens (primary N) is 1. The minimum absolute atomic E-state index is 0.116. The summed E-state index contributed by atoms with van der Waals surface area (Å²) in [4.78, 5) is 11.2. The molecule has 0 unspecified atom stereocenters. The first-order valence-electron chi connectivity index (χ1n) is 4.78. The number of amides is 1. The van der Waals surface area contributed by atoms with Gasteiger partial charge in [0, 0.05) is 9.13 Å². The van der Waals surface area contributed by atoms with Crippen LogP contribution in [0.3, 0.4) is 0 Å². The number of rotatable bonds is 3. The predicted molar refractivity (Wildman–Crippen MR) is 77.3 cm³/mol. The molecular weight excluding hydrogens is 415 g/mol. The van der Waals surface area contributed by atoms with Gasteiger partial charge in [0.2, 0.25) is 0 Å². The van der Waals surface area contributed by atoms with Gasteiger partial charge in [0.1, 0.15) is 11.4 Å². The third-order valence-corrected chi connectivity index (χ3v) is 3.79. The predicted octanol–water partition coefficient (Wildman–Crippen LogP) is 1.95. The number of methoxy groups -OCH3 is 1. The number of hydrogen-bond acceptors (Lipinski definition) is 4. The second kappa shape index (κ2) is 5.22. The van der Waals surface area contributed by atoms with Crippen LogP contribution in [-0.2, 0) is 0 Å². The molecule has 0 aliphatic rings. The molecule has 1 aromatic heterocycles. The number of aromatic nitrogens is 3. The van der Waals surface area contributed by atoms with Crippen LogP contribution in [0.25, 0.3) is 11.3 Å². The smallest absolute Gasteiger partial charge is 0.271 e. The third-order valence-electron chi connectivity index (χ3n) is 2.28. The van der Waals surface area contributed by atoms with E-state index in [-0.39, 0.29) is 5.69 Å². The Morgan fingerprint density at radius 1 is 1.50 bits per heavy atom. The van der Waals surface area contributed by atoms with Crippen LogP contribution in [0.4, 0.5) is 0 Å². The first-order chi connectivity index (χ1) is 8.54. The second-order valence-electron chi connectivity index (χ2n) is 3.35. The number of nitrogens with one attached hydrogen (secondary N) is 1. The summed E-state index contributed by atoms with van der Waals surface area (Å²) in [6, 6.07) is 3.64. The number of carbonyl (C=O) groups is 1. The lowest BCUT2D eigenvalue weighted by atomic mass is 10.1.